The number of aromatic nitrogens is 6. The first-order valence-corrected chi connectivity index (χ1v) is 13.9. The lowest BCUT2D eigenvalue weighted by Crippen LogP contribution is -1.98. The summed E-state index contributed by atoms with van der Waals surface area (Å²) in [4.78, 5) is 17.7. The number of rotatable bonds is 3. The van der Waals surface area contributed by atoms with Gasteiger partial charge in [-0.2, -0.15) is 0 Å². The Balaban J connectivity index is 1.23. The van der Waals surface area contributed by atoms with Gasteiger partial charge in [-0.15, -0.1) is 0 Å². The van der Waals surface area contributed by atoms with Crippen molar-refractivity contribution in [2.24, 2.45) is 0 Å². The van der Waals surface area contributed by atoms with Gasteiger partial charge in [0.05, 0.1) is 27.8 Å². The summed E-state index contributed by atoms with van der Waals surface area (Å²) in [6.07, 6.45) is 19.7. The first-order valence-electron chi connectivity index (χ1n) is 13.9. The van der Waals surface area contributed by atoms with Crippen LogP contribution in [0, 0.1) is 13.8 Å². The van der Waals surface area contributed by atoms with E-state index in [2.05, 4.69) is 109 Å². The molecule has 0 amide bonds. The minimum absolute atomic E-state index is 0.971. The zero-order valence-electron chi connectivity index (χ0n) is 23.5. The molecule has 0 saturated heterocycles. The van der Waals surface area contributed by atoms with Crippen LogP contribution in [0.25, 0.3) is 60.6 Å². The first kappa shape index (κ1) is 24.2. The molecule has 0 spiro atoms. The third-order valence-corrected chi connectivity index (χ3v) is 8.23. The van der Waals surface area contributed by atoms with E-state index in [1.807, 2.05) is 50.3 Å². The SMILES string of the molecule is CC1=C(c2ccc(-n3c4ccncc4c4cnc(C)cc43)cc2C)C=CC(n2c3ccncc3c3cnccc32)=C=C1. The van der Waals surface area contributed by atoms with Gasteiger partial charge in [-0.25, -0.2) is 0 Å². The van der Waals surface area contributed by atoms with E-state index in [9.17, 15) is 0 Å². The predicted molar refractivity (Wildman–Crippen MR) is 170 cm³/mol. The fraction of sp³-hybridized carbons (Fsp3) is 0.0833. The van der Waals surface area contributed by atoms with Gasteiger partial charge in [-0.1, -0.05) is 17.9 Å². The molecule has 0 N–H and O–H groups in total. The third kappa shape index (κ3) is 3.59. The number of pyridine rings is 4. The van der Waals surface area contributed by atoms with Crippen LogP contribution in [0.1, 0.15) is 23.7 Å². The maximum atomic E-state index is 4.56. The summed E-state index contributed by atoms with van der Waals surface area (Å²) in [6.45, 7) is 6.37. The van der Waals surface area contributed by atoms with Gasteiger partial charge in [-0.3, -0.25) is 19.9 Å². The molecular weight excluding hydrogens is 516 g/mol. The van der Waals surface area contributed by atoms with Crippen LogP contribution in [0.2, 0.25) is 0 Å². The van der Waals surface area contributed by atoms with E-state index in [-0.39, 0.29) is 0 Å². The van der Waals surface area contributed by atoms with Gasteiger partial charge in [0, 0.05) is 76.3 Å². The highest BCUT2D eigenvalue weighted by atomic mass is 15.0. The fourth-order valence-corrected chi connectivity index (χ4v) is 6.24. The summed E-state index contributed by atoms with van der Waals surface area (Å²) >= 11 is 0. The van der Waals surface area contributed by atoms with E-state index >= 15 is 0 Å². The lowest BCUT2D eigenvalue weighted by Gasteiger charge is -2.14. The Morgan fingerprint density at radius 2 is 1.24 bits per heavy atom. The van der Waals surface area contributed by atoms with E-state index < -0.39 is 0 Å². The summed E-state index contributed by atoms with van der Waals surface area (Å²) in [5.74, 6) is 0. The van der Waals surface area contributed by atoms with Crippen molar-refractivity contribution < 1.29 is 0 Å². The van der Waals surface area contributed by atoms with Crippen LogP contribution in [-0.2, 0) is 0 Å². The summed E-state index contributed by atoms with van der Waals surface area (Å²) in [5, 5.41) is 4.37. The standard InChI is InChI=1S/C36H26N6/c1-22-4-5-25(41-33-10-13-37-18-29(33)30-19-38-14-11-34(30)41)6-8-27(22)28-9-7-26(16-23(28)2)42-35-12-15-39-20-31(35)32-21-40-24(3)17-36(32)42/h4,6-21H,1-3H3. The summed E-state index contributed by atoms with van der Waals surface area (Å²) in [5.41, 5.74) is 15.8. The van der Waals surface area contributed by atoms with Gasteiger partial charge < -0.3 is 9.13 Å². The highest BCUT2D eigenvalue weighted by Gasteiger charge is 2.17. The molecule has 7 aromatic rings. The summed E-state index contributed by atoms with van der Waals surface area (Å²) in [7, 11) is 0. The Bertz CT molecular complexity index is 2320. The molecule has 6 nitrogen and oxygen atoms in total. The molecule has 42 heavy (non-hydrogen) atoms. The average Bonchev–Trinajstić information content (AvgIpc) is 3.44. The number of aryl methyl sites for hydroxylation is 2. The van der Waals surface area contributed by atoms with Gasteiger partial charge in [0.2, 0.25) is 0 Å². The number of fused-ring (bicyclic) bond motifs is 6. The minimum Gasteiger partial charge on any atom is -0.309 e. The smallest absolute Gasteiger partial charge is 0.0891 e. The van der Waals surface area contributed by atoms with Crippen LogP contribution in [0.5, 0.6) is 0 Å². The molecule has 0 bridgehead atoms. The molecule has 1 aromatic carbocycles. The number of hydrogen-bond acceptors (Lipinski definition) is 4. The maximum Gasteiger partial charge on any atom is 0.0891 e. The number of allylic oxidation sites excluding steroid dienone is 5. The molecule has 0 saturated carbocycles. The van der Waals surface area contributed by atoms with Gasteiger partial charge in [0.1, 0.15) is 0 Å². The highest BCUT2D eigenvalue weighted by molar-refractivity contribution is 6.10. The van der Waals surface area contributed by atoms with Crippen molar-refractivity contribution in [3.63, 3.8) is 0 Å². The van der Waals surface area contributed by atoms with Gasteiger partial charge >= 0.3 is 0 Å². The van der Waals surface area contributed by atoms with Crippen molar-refractivity contribution in [2.75, 3.05) is 0 Å². The topological polar surface area (TPSA) is 61.4 Å². The molecule has 0 radical (unpaired) electrons. The molecule has 0 atom stereocenters. The fourth-order valence-electron chi connectivity index (χ4n) is 6.24. The van der Waals surface area contributed by atoms with Crippen molar-refractivity contribution in [3.05, 3.63) is 132 Å². The largest absolute Gasteiger partial charge is 0.309 e. The van der Waals surface area contributed by atoms with Crippen molar-refractivity contribution in [1.29, 1.82) is 0 Å². The van der Waals surface area contributed by atoms with Gasteiger partial charge in [0.15, 0.2) is 0 Å². The number of hydrogen-bond donors (Lipinski definition) is 0. The Hall–Kier alpha value is -5.58. The molecule has 6 heteroatoms. The number of nitrogens with zero attached hydrogens (tertiary/aromatic N) is 6. The molecule has 0 fully saturated rings. The number of benzene rings is 1. The Kier molecular flexibility index (Phi) is 5.33. The Morgan fingerprint density at radius 1 is 0.619 bits per heavy atom. The first-order chi connectivity index (χ1) is 20.6. The monoisotopic (exact) mass is 542 g/mol. The zero-order chi connectivity index (χ0) is 28.4. The molecule has 1 aliphatic rings. The van der Waals surface area contributed by atoms with E-state index in [4.69, 9.17) is 0 Å². The normalized spacial score (nSPS) is 13.5. The van der Waals surface area contributed by atoms with Gasteiger partial charge in [0.25, 0.3) is 0 Å². The second-order valence-corrected chi connectivity index (χ2v) is 10.8. The second kappa shape index (κ2) is 9.23. The Labute approximate surface area is 242 Å². The molecule has 6 heterocycles. The van der Waals surface area contributed by atoms with Crippen LogP contribution in [0.3, 0.4) is 0 Å². The van der Waals surface area contributed by atoms with Crippen molar-refractivity contribution in [2.45, 2.75) is 20.8 Å². The van der Waals surface area contributed by atoms with E-state index in [0.29, 0.717) is 0 Å². The van der Waals surface area contributed by atoms with E-state index in [1.165, 1.54) is 16.7 Å². The quantitative estimate of drug-likeness (QED) is 0.212. The van der Waals surface area contributed by atoms with Crippen LogP contribution in [0.4, 0.5) is 0 Å². The third-order valence-electron chi connectivity index (χ3n) is 8.23. The van der Waals surface area contributed by atoms with Crippen molar-refractivity contribution in [3.8, 4) is 5.69 Å². The summed E-state index contributed by atoms with van der Waals surface area (Å²) < 4.78 is 4.55. The van der Waals surface area contributed by atoms with Crippen LogP contribution >= 0.6 is 0 Å². The minimum atomic E-state index is 0.971. The van der Waals surface area contributed by atoms with Crippen LogP contribution in [-0.4, -0.2) is 29.1 Å². The van der Waals surface area contributed by atoms with Crippen LogP contribution in [0.15, 0.2) is 115 Å². The highest BCUT2D eigenvalue weighted by Crippen LogP contribution is 2.35. The van der Waals surface area contributed by atoms with Crippen LogP contribution < -0.4 is 0 Å². The zero-order valence-corrected chi connectivity index (χ0v) is 23.5. The van der Waals surface area contributed by atoms with E-state index in [1.54, 1.807) is 0 Å². The molecule has 0 unspecified atom stereocenters. The molecule has 8 rings (SSSR count). The van der Waals surface area contributed by atoms with Gasteiger partial charge in [-0.05, 0) is 91.6 Å². The average molecular weight is 543 g/mol. The van der Waals surface area contributed by atoms with E-state index in [0.717, 1.165) is 66.3 Å². The van der Waals surface area contributed by atoms with Crippen molar-refractivity contribution in [1.82, 2.24) is 29.1 Å². The van der Waals surface area contributed by atoms with Crippen molar-refractivity contribution >= 4 is 54.9 Å². The molecule has 200 valence electrons. The summed E-state index contributed by atoms with van der Waals surface area (Å²) in [6, 6.07) is 15.0. The lowest BCUT2D eigenvalue weighted by atomic mass is 9.96. The maximum absolute atomic E-state index is 4.56. The lowest BCUT2D eigenvalue weighted by molar-refractivity contribution is 1.15. The second-order valence-electron chi connectivity index (χ2n) is 10.8. The molecule has 0 aliphatic heterocycles. The Morgan fingerprint density at radius 3 is 1.88 bits per heavy atom. The molecule has 1 aliphatic carbocycles. The molecule has 6 aromatic heterocycles. The molecular formula is C36H26N6. The predicted octanol–water partition coefficient (Wildman–Crippen LogP) is 8.13.